The Morgan fingerprint density at radius 3 is 1.54 bits per heavy atom. The molecule has 50 heavy (non-hydrogen) atoms. The average Bonchev–Trinajstić information content (AvgIpc) is 3.71. The third-order valence-electron chi connectivity index (χ3n) is 10.1. The Bertz CT molecular complexity index is 2830. The minimum Gasteiger partial charge on any atom is -0.309 e. The lowest BCUT2D eigenvalue weighted by Gasteiger charge is -2.17. The zero-order valence-electron chi connectivity index (χ0n) is 27.4. The smallest absolute Gasteiger partial charge is 0.0641 e. The van der Waals surface area contributed by atoms with Crippen molar-refractivity contribution in [3.63, 3.8) is 0 Å². The summed E-state index contributed by atoms with van der Waals surface area (Å²) >= 11 is 0. The van der Waals surface area contributed by atoms with Crippen LogP contribution in [0.5, 0.6) is 0 Å². The predicted octanol–water partition coefficient (Wildman–Crippen LogP) is 12.9. The number of benzene rings is 8. The normalized spacial score (nSPS) is 11.6. The molecular weight excluding hydrogens is 605 g/mol. The summed E-state index contributed by atoms with van der Waals surface area (Å²) in [5, 5.41) is 4.98. The van der Waals surface area contributed by atoms with Crippen LogP contribution in [0.25, 0.3) is 88.4 Å². The molecule has 0 saturated heterocycles. The highest BCUT2D eigenvalue weighted by Gasteiger charge is 2.23. The van der Waals surface area contributed by atoms with Gasteiger partial charge in [-0.3, -0.25) is 0 Å². The molecule has 0 aliphatic carbocycles. The van der Waals surface area contributed by atoms with Crippen LogP contribution in [0.4, 0.5) is 0 Å². The van der Waals surface area contributed by atoms with E-state index in [9.17, 15) is 0 Å². The van der Waals surface area contributed by atoms with Crippen molar-refractivity contribution in [3.8, 4) is 44.8 Å². The number of nitrogens with zero attached hydrogens (tertiary/aromatic N) is 2. The summed E-state index contributed by atoms with van der Waals surface area (Å²) in [5.41, 5.74) is 14.3. The molecular formula is C48H32N2. The summed E-state index contributed by atoms with van der Waals surface area (Å²) in [7, 11) is 0. The van der Waals surface area contributed by atoms with Gasteiger partial charge in [-0.25, -0.2) is 0 Å². The maximum Gasteiger partial charge on any atom is 0.0641 e. The first-order valence-electron chi connectivity index (χ1n) is 17.2. The lowest BCUT2D eigenvalue weighted by atomic mass is 9.97. The first-order chi connectivity index (χ1) is 24.8. The van der Waals surface area contributed by atoms with E-state index in [2.05, 4.69) is 203 Å². The van der Waals surface area contributed by atoms with Gasteiger partial charge in [-0.15, -0.1) is 0 Å². The molecule has 10 aromatic rings. The fraction of sp³-hybridized carbons (Fsp3) is 0. The molecule has 0 spiro atoms. The molecule has 2 heterocycles. The Morgan fingerprint density at radius 2 is 0.840 bits per heavy atom. The van der Waals surface area contributed by atoms with Crippen LogP contribution in [0.15, 0.2) is 194 Å². The second kappa shape index (κ2) is 11.5. The molecule has 0 bridgehead atoms. The van der Waals surface area contributed by atoms with E-state index in [1.54, 1.807) is 0 Å². The van der Waals surface area contributed by atoms with Crippen LogP contribution in [-0.2, 0) is 0 Å². The van der Waals surface area contributed by atoms with Gasteiger partial charge < -0.3 is 9.13 Å². The zero-order chi connectivity index (χ0) is 33.0. The highest BCUT2D eigenvalue weighted by molar-refractivity contribution is 6.26. The quantitative estimate of drug-likeness (QED) is 0.178. The largest absolute Gasteiger partial charge is 0.309 e. The molecule has 0 fully saturated rings. The molecule has 0 atom stereocenters. The molecule has 0 unspecified atom stereocenters. The van der Waals surface area contributed by atoms with Crippen molar-refractivity contribution in [1.82, 2.24) is 9.13 Å². The third-order valence-corrected chi connectivity index (χ3v) is 10.1. The highest BCUT2D eigenvalue weighted by Crippen LogP contribution is 2.44. The first-order valence-corrected chi connectivity index (χ1v) is 17.2. The topological polar surface area (TPSA) is 9.86 Å². The second-order valence-corrected chi connectivity index (χ2v) is 12.9. The van der Waals surface area contributed by atoms with Crippen molar-refractivity contribution >= 4 is 43.6 Å². The average molecular weight is 637 g/mol. The third kappa shape index (κ3) is 4.43. The van der Waals surface area contributed by atoms with Crippen LogP contribution < -0.4 is 0 Å². The molecule has 2 aromatic heterocycles. The van der Waals surface area contributed by atoms with Gasteiger partial charge in [0, 0.05) is 32.8 Å². The maximum absolute atomic E-state index is 2.53. The molecule has 0 aliphatic rings. The number of aromatic nitrogens is 2. The summed E-state index contributed by atoms with van der Waals surface area (Å²) in [4.78, 5) is 0. The van der Waals surface area contributed by atoms with E-state index in [1.807, 2.05) is 0 Å². The lowest BCUT2D eigenvalue weighted by molar-refractivity contribution is 1.17. The van der Waals surface area contributed by atoms with Gasteiger partial charge >= 0.3 is 0 Å². The first kappa shape index (κ1) is 28.4. The van der Waals surface area contributed by atoms with Gasteiger partial charge in [-0.05, 0) is 76.3 Å². The number of hydrogen-bond donors (Lipinski definition) is 0. The van der Waals surface area contributed by atoms with E-state index < -0.39 is 0 Å². The van der Waals surface area contributed by atoms with E-state index in [4.69, 9.17) is 0 Å². The van der Waals surface area contributed by atoms with Crippen LogP contribution in [-0.4, -0.2) is 9.13 Å². The van der Waals surface area contributed by atoms with Crippen molar-refractivity contribution < 1.29 is 0 Å². The summed E-state index contributed by atoms with van der Waals surface area (Å²) in [5.74, 6) is 0. The van der Waals surface area contributed by atoms with Gasteiger partial charge in [0.2, 0.25) is 0 Å². The SMILES string of the molecule is c1ccc(-c2ccc(-n3c4ccc(-c5ccccc5)cc4c4ccc5c(c6ccccc6n5-c5ccccc5)c43)c(-c3ccccc3)c2)cc1. The van der Waals surface area contributed by atoms with Gasteiger partial charge in [-0.2, -0.15) is 0 Å². The molecule has 0 amide bonds. The Morgan fingerprint density at radius 1 is 0.300 bits per heavy atom. The van der Waals surface area contributed by atoms with Crippen molar-refractivity contribution in [2.45, 2.75) is 0 Å². The summed E-state index contributed by atoms with van der Waals surface area (Å²) in [6.45, 7) is 0. The van der Waals surface area contributed by atoms with Crippen molar-refractivity contribution in [3.05, 3.63) is 194 Å². The highest BCUT2D eigenvalue weighted by atomic mass is 15.0. The van der Waals surface area contributed by atoms with Crippen molar-refractivity contribution in [2.75, 3.05) is 0 Å². The van der Waals surface area contributed by atoms with Crippen LogP contribution in [0.3, 0.4) is 0 Å². The van der Waals surface area contributed by atoms with E-state index in [1.165, 1.54) is 77.0 Å². The van der Waals surface area contributed by atoms with Crippen molar-refractivity contribution in [1.29, 1.82) is 0 Å². The Hall–Kier alpha value is -6.64. The fourth-order valence-electron chi connectivity index (χ4n) is 7.86. The van der Waals surface area contributed by atoms with Gasteiger partial charge in [0.1, 0.15) is 0 Å². The standard InChI is InChI=1S/C48H32N2/c1-5-15-33(16-6-1)36-25-28-44(41(31-36)35-19-9-3-10-20-35)50-45-29-26-37(34-17-7-2-8-18-34)32-42(45)39-27-30-46-47(48(39)50)40-23-13-14-24-43(40)49(46)38-21-11-4-12-22-38/h1-32H. The summed E-state index contributed by atoms with van der Waals surface area (Å²) in [6, 6.07) is 70.4. The van der Waals surface area contributed by atoms with Gasteiger partial charge in [0.15, 0.2) is 0 Å². The van der Waals surface area contributed by atoms with Crippen LogP contribution in [0.1, 0.15) is 0 Å². The molecule has 2 heteroatoms. The lowest BCUT2D eigenvalue weighted by Crippen LogP contribution is -1.99. The minimum atomic E-state index is 1.16. The molecule has 0 aliphatic heterocycles. The summed E-state index contributed by atoms with van der Waals surface area (Å²) < 4.78 is 4.94. The Kier molecular flexibility index (Phi) is 6.53. The van der Waals surface area contributed by atoms with Crippen LogP contribution in [0, 0.1) is 0 Å². The van der Waals surface area contributed by atoms with Gasteiger partial charge in [0.25, 0.3) is 0 Å². The number of hydrogen-bond acceptors (Lipinski definition) is 0. The molecule has 234 valence electrons. The molecule has 2 nitrogen and oxygen atoms in total. The molecule has 10 rings (SSSR count). The fourth-order valence-corrected chi connectivity index (χ4v) is 7.86. The predicted molar refractivity (Wildman–Crippen MR) is 211 cm³/mol. The number of para-hydroxylation sites is 2. The van der Waals surface area contributed by atoms with Crippen LogP contribution >= 0.6 is 0 Å². The molecule has 8 aromatic carbocycles. The number of fused-ring (bicyclic) bond motifs is 7. The van der Waals surface area contributed by atoms with Crippen molar-refractivity contribution in [2.24, 2.45) is 0 Å². The van der Waals surface area contributed by atoms with E-state index >= 15 is 0 Å². The second-order valence-electron chi connectivity index (χ2n) is 12.9. The van der Waals surface area contributed by atoms with E-state index in [-0.39, 0.29) is 0 Å². The number of rotatable bonds is 5. The Balaban J connectivity index is 1.38. The van der Waals surface area contributed by atoms with E-state index in [0.29, 0.717) is 0 Å². The monoisotopic (exact) mass is 636 g/mol. The van der Waals surface area contributed by atoms with E-state index in [0.717, 1.165) is 11.4 Å². The minimum absolute atomic E-state index is 1.16. The zero-order valence-corrected chi connectivity index (χ0v) is 27.4. The Labute approximate surface area is 290 Å². The maximum atomic E-state index is 2.53. The van der Waals surface area contributed by atoms with Gasteiger partial charge in [0.05, 0.1) is 27.8 Å². The van der Waals surface area contributed by atoms with Gasteiger partial charge in [-0.1, -0.05) is 146 Å². The molecule has 0 N–H and O–H groups in total. The van der Waals surface area contributed by atoms with Crippen LogP contribution in [0.2, 0.25) is 0 Å². The molecule has 0 radical (unpaired) electrons. The molecule has 0 saturated carbocycles. The summed E-state index contributed by atoms with van der Waals surface area (Å²) in [6.07, 6.45) is 0.